The highest BCUT2D eigenvalue weighted by molar-refractivity contribution is 7.80. The Morgan fingerprint density at radius 1 is 1.04 bits per heavy atom. The minimum Gasteiger partial charge on any atom is -0.348 e. The second-order valence-corrected chi connectivity index (χ2v) is 5.83. The molecule has 4 nitrogen and oxygen atoms in total. The van der Waals surface area contributed by atoms with Gasteiger partial charge in [-0.1, -0.05) is 50.2 Å². The van der Waals surface area contributed by atoms with Gasteiger partial charge in [-0.2, -0.15) is 5.10 Å². The van der Waals surface area contributed by atoms with Gasteiger partial charge >= 0.3 is 0 Å². The average Bonchev–Trinajstić information content (AvgIpc) is 2.63. The summed E-state index contributed by atoms with van der Waals surface area (Å²) in [6, 6.07) is 15.8. The van der Waals surface area contributed by atoms with Crippen molar-refractivity contribution in [2.45, 2.75) is 26.7 Å². The molecular formula is C19H24N4S. The molecule has 0 unspecified atom stereocenters. The fraction of sp³-hybridized carbons (Fsp3) is 0.316. The lowest BCUT2D eigenvalue weighted by atomic mass is 10.1. The second kappa shape index (κ2) is 9.78. The molecule has 1 heterocycles. The van der Waals surface area contributed by atoms with Crippen LogP contribution in [0.1, 0.15) is 37.9 Å². The number of hydrogen-bond acceptors (Lipinski definition) is 3. The molecule has 0 aliphatic rings. The number of pyridine rings is 1. The number of rotatable bonds is 7. The molecule has 0 bridgehead atoms. The summed E-state index contributed by atoms with van der Waals surface area (Å²) in [5.74, 6) is 0. The molecule has 0 saturated carbocycles. The predicted octanol–water partition coefficient (Wildman–Crippen LogP) is 3.83. The summed E-state index contributed by atoms with van der Waals surface area (Å²) < 4.78 is 0. The van der Waals surface area contributed by atoms with Crippen molar-refractivity contribution in [3.05, 3.63) is 66.0 Å². The van der Waals surface area contributed by atoms with E-state index in [2.05, 4.69) is 34.3 Å². The van der Waals surface area contributed by atoms with E-state index < -0.39 is 0 Å². The van der Waals surface area contributed by atoms with Crippen LogP contribution in [0.5, 0.6) is 0 Å². The van der Waals surface area contributed by atoms with Crippen molar-refractivity contribution < 1.29 is 0 Å². The van der Waals surface area contributed by atoms with Crippen molar-refractivity contribution in [1.29, 1.82) is 0 Å². The lowest BCUT2D eigenvalue weighted by molar-refractivity contribution is 0.411. The molecule has 2 aromatic rings. The first-order valence-electron chi connectivity index (χ1n) is 8.35. The highest BCUT2D eigenvalue weighted by Crippen LogP contribution is 2.08. The molecule has 0 atom stereocenters. The van der Waals surface area contributed by atoms with Gasteiger partial charge in [0.15, 0.2) is 5.11 Å². The van der Waals surface area contributed by atoms with E-state index in [0.717, 1.165) is 42.9 Å². The van der Waals surface area contributed by atoms with Crippen LogP contribution in [0.25, 0.3) is 0 Å². The van der Waals surface area contributed by atoms with E-state index in [1.54, 1.807) is 6.20 Å². The van der Waals surface area contributed by atoms with E-state index in [1.807, 2.05) is 48.5 Å². The monoisotopic (exact) mass is 340 g/mol. The van der Waals surface area contributed by atoms with Crippen molar-refractivity contribution in [3.8, 4) is 0 Å². The third-order valence-electron chi connectivity index (χ3n) is 3.49. The summed E-state index contributed by atoms with van der Waals surface area (Å²) in [6.45, 7) is 6.16. The van der Waals surface area contributed by atoms with Crippen LogP contribution in [-0.4, -0.2) is 33.8 Å². The first kappa shape index (κ1) is 18.1. The zero-order chi connectivity index (χ0) is 17.2. The smallest absolute Gasteiger partial charge is 0.189 e. The topological polar surface area (TPSA) is 40.5 Å². The second-order valence-electron chi connectivity index (χ2n) is 5.45. The van der Waals surface area contributed by atoms with Gasteiger partial charge in [-0.3, -0.25) is 10.4 Å². The van der Waals surface area contributed by atoms with Crippen LogP contribution in [0, 0.1) is 0 Å². The summed E-state index contributed by atoms with van der Waals surface area (Å²) in [5, 5.41) is 5.23. The van der Waals surface area contributed by atoms with Crippen LogP contribution in [0.3, 0.4) is 0 Å². The van der Waals surface area contributed by atoms with E-state index in [4.69, 9.17) is 12.2 Å². The van der Waals surface area contributed by atoms with Crippen molar-refractivity contribution in [1.82, 2.24) is 15.3 Å². The Morgan fingerprint density at radius 3 is 2.29 bits per heavy atom. The van der Waals surface area contributed by atoms with Gasteiger partial charge in [-0.25, -0.2) is 0 Å². The number of nitrogens with one attached hydrogen (secondary N) is 1. The van der Waals surface area contributed by atoms with E-state index in [-0.39, 0.29) is 0 Å². The molecule has 1 N–H and O–H groups in total. The quantitative estimate of drug-likeness (QED) is 0.472. The van der Waals surface area contributed by atoms with E-state index in [1.165, 1.54) is 0 Å². The fourth-order valence-electron chi connectivity index (χ4n) is 2.40. The molecule has 0 fully saturated rings. The van der Waals surface area contributed by atoms with Crippen molar-refractivity contribution in [2.24, 2.45) is 5.10 Å². The Labute approximate surface area is 149 Å². The van der Waals surface area contributed by atoms with Gasteiger partial charge in [0.1, 0.15) is 5.71 Å². The molecule has 0 aliphatic carbocycles. The third-order valence-corrected chi connectivity index (χ3v) is 3.84. The number of thiocarbonyl (C=S) groups is 1. The molecule has 24 heavy (non-hydrogen) atoms. The number of hydrazone groups is 1. The molecule has 1 aromatic heterocycles. The maximum atomic E-state index is 5.51. The molecule has 0 saturated heterocycles. The van der Waals surface area contributed by atoms with Crippen LogP contribution in [0.15, 0.2) is 59.8 Å². The lowest BCUT2D eigenvalue weighted by Gasteiger charge is -2.23. The van der Waals surface area contributed by atoms with Crippen LogP contribution in [0.2, 0.25) is 0 Å². The van der Waals surface area contributed by atoms with Crippen molar-refractivity contribution >= 4 is 23.0 Å². The molecule has 0 aliphatic heterocycles. The van der Waals surface area contributed by atoms with Gasteiger partial charge in [0.25, 0.3) is 0 Å². The average molecular weight is 340 g/mol. The van der Waals surface area contributed by atoms with Gasteiger partial charge in [0.05, 0.1) is 5.69 Å². The standard InChI is InChI=1S/C19H24N4S/c1-3-14-23(15-4-2)19(24)22-21-18(16-10-6-5-7-11-16)17-12-8-9-13-20-17/h5-13H,3-4,14-15H2,1-2H3,(H,22,24)/b21-18+. The van der Waals surface area contributed by atoms with Crippen LogP contribution >= 0.6 is 12.2 Å². The maximum Gasteiger partial charge on any atom is 0.189 e. The minimum atomic E-state index is 0.656. The molecule has 1 aromatic carbocycles. The minimum absolute atomic E-state index is 0.656. The number of aromatic nitrogens is 1. The summed E-state index contributed by atoms with van der Waals surface area (Å²) in [6.07, 6.45) is 3.88. The van der Waals surface area contributed by atoms with Gasteiger partial charge < -0.3 is 4.90 Å². The summed E-state index contributed by atoms with van der Waals surface area (Å²) in [7, 11) is 0. The van der Waals surface area contributed by atoms with Gasteiger partial charge in [0.2, 0.25) is 0 Å². The van der Waals surface area contributed by atoms with Crippen molar-refractivity contribution in [3.63, 3.8) is 0 Å². The highest BCUT2D eigenvalue weighted by Gasteiger charge is 2.10. The number of benzene rings is 1. The normalized spacial score (nSPS) is 11.2. The van der Waals surface area contributed by atoms with Gasteiger partial charge in [0, 0.05) is 24.8 Å². The Hall–Kier alpha value is -2.27. The number of hydrogen-bond donors (Lipinski definition) is 1. The molecule has 0 amide bonds. The molecule has 0 spiro atoms. The Bertz CT molecular complexity index is 608. The van der Waals surface area contributed by atoms with Crippen LogP contribution in [0.4, 0.5) is 0 Å². The Balaban J connectivity index is 2.24. The van der Waals surface area contributed by atoms with E-state index in [0.29, 0.717) is 5.11 Å². The fourth-order valence-corrected chi connectivity index (χ4v) is 2.63. The molecule has 126 valence electrons. The van der Waals surface area contributed by atoms with E-state index in [9.17, 15) is 0 Å². The first-order valence-corrected chi connectivity index (χ1v) is 8.76. The van der Waals surface area contributed by atoms with Crippen LogP contribution < -0.4 is 5.43 Å². The Morgan fingerprint density at radius 2 is 1.71 bits per heavy atom. The summed E-state index contributed by atoms with van der Waals surface area (Å²) in [5.41, 5.74) is 5.66. The summed E-state index contributed by atoms with van der Waals surface area (Å²) >= 11 is 5.51. The molecule has 0 radical (unpaired) electrons. The Kier molecular flexibility index (Phi) is 7.36. The molecule has 2 rings (SSSR count). The SMILES string of the molecule is CCCN(CCC)C(=S)N/N=C(\c1ccccc1)c1ccccn1. The zero-order valence-electron chi connectivity index (χ0n) is 14.3. The van der Waals surface area contributed by atoms with Gasteiger partial charge in [-0.05, 0) is 37.2 Å². The number of nitrogens with zero attached hydrogens (tertiary/aromatic N) is 3. The first-order chi connectivity index (χ1) is 11.8. The zero-order valence-corrected chi connectivity index (χ0v) is 15.1. The van der Waals surface area contributed by atoms with Crippen LogP contribution in [-0.2, 0) is 0 Å². The third kappa shape index (κ3) is 5.13. The summed E-state index contributed by atoms with van der Waals surface area (Å²) in [4.78, 5) is 6.58. The highest BCUT2D eigenvalue weighted by atomic mass is 32.1. The van der Waals surface area contributed by atoms with Crippen molar-refractivity contribution in [2.75, 3.05) is 13.1 Å². The lowest BCUT2D eigenvalue weighted by Crippen LogP contribution is -2.39. The molecular weight excluding hydrogens is 316 g/mol. The van der Waals surface area contributed by atoms with Gasteiger partial charge in [-0.15, -0.1) is 0 Å². The maximum absolute atomic E-state index is 5.51. The predicted molar refractivity (Wildman–Crippen MR) is 104 cm³/mol. The largest absolute Gasteiger partial charge is 0.348 e. The molecule has 5 heteroatoms. The van der Waals surface area contributed by atoms with E-state index >= 15 is 0 Å².